The maximum Gasteiger partial charge on any atom is 0.586 e. The molecule has 0 radical (unpaired) electrons. The Kier molecular flexibility index (Phi) is 5.70. The maximum absolute atomic E-state index is 13.5. The zero-order chi connectivity index (χ0) is 28.0. The van der Waals surface area contributed by atoms with Gasteiger partial charge in [0.25, 0.3) is 0 Å². The third-order valence-electron chi connectivity index (χ3n) is 6.46. The van der Waals surface area contributed by atoms with Crippen molar-refractivity contribution in [1.82, 2.24) is 20.2 Å². The van der Waals surface area contributed by atoms with E-state index in [4.69, 9.17) is 9.47 Å². The third-order valence-corrected chi connectivity index (χ3v) is 6.46. The second-order valence-electron chi connectivity index (χ2n) is 9.08. The molecule has 0 bridgehead atoms. The fourth-order valence-corrected chi connectivity index (χ4v) is 4.56. The average molecular weight is 552 g/mol. The molecule has 3 aromatic heterocycles. The van der Waals surface area contributed by atoms with Gasteiger partial charge in [-0.25, -0.2) is 4.98 Å². The number of ether oxygens (including phenoxy) is 4. The van der Waals surface area contributed by atoms with Gasteiger partial charge in [0.1, 0.15) is 22.7 Å². The number of benzene rings is 3. The predicted molar refractivity (Wildman–Crippen MR) is 147 cm³/mol. The van der Waals surface area contributed by atoms with Gasteiger partial charge >= 0.3 is 6.29 Å². The van der Waals surface area contributed by atoms with E-state index in [9.17, 15) is 8.78 Å². The maximum atomic E-state index is 13.5. The Bertz CT molecular complexity index is 1940. The number of hydrogen-bond acceptors (Lipinski definition) is 9. The number of aromatic nitrogens is 4. The van der Waals surface area contributed by atoms with Gasteiger partial charge < -0.3 is 24.3 Å². The van der Waals surface area contributed by atoms with Crippen LogP contribution in [-0.4, -0.2) is 33.6 Å². The lowest BCUT2D eigenvalue weighted by Gasteiger charge is -2.12. The Morgan fingerprint density at radius 2 is 1.61 bits per heavy atom. The lowest BCUT2D eigenvalue weighted by atomic mass is 10.0. The predicted octanol–water partition coefficient (Wildman–Crippen LogP) is 7.11. The summed E-state index contributed by atoms with van der Waals surface area (Å²) in [5.74, 6) is 2.23. The largest absolute Gasteiger partial charge is 0.586 e. The summed E-state index contributed by atoms with van der Waals surface area (Å²) in [6.07, 6.45) is -0.424. The fraction of sp³-hybridized carbons (Fsp3) is 0.0667. The second-order valence-corrected chi connectivity index (χ2v) is 9.08. The van der Waals surface area contributed by atoms with Gasteiger partial charge in [-0.15, -0.1) is 19.0 Å². The summed E-state index contributed by atoms with van der Waals surface area (Å²) in [5.41, 5.74) is 3.13. The van der Waals surface area contributed by atoms with Crippen LogP contribution in [0.3, 0.4) is 0 Å². The molecule has 6 aromatic rings. The number of anilines is 2. The van der Waals surface area contributed by atoms with E-state index in [1.54, 1.807) is 37.7 Å². The molecule has 11 heteroatoms. The summed E-state index contributed by atoms with van der Waals surface area (Å²) in [6, 6.07) is 23.0. The molecule has 0 unspecified atom stereocenters. The summed E-state index contributed by atoms with van der Waals surface area (Å²) in [5, 5.41) is 13.7. The molecule has 9 nitrogen and oxygen atoms in total. The first kappa shape index (κ1) is 24.5. The van der Waals surface area contributed by atoms with E-state index < -0.39 is 6.29 Å². The summed E-state index contributed by atoms with van der Waals surface area (Å²) in [7, 11) is 1.58. The Morgan fingerprint density at radius 1 is 0.805 bits per heavy atom. The molecule has 0 saturated heterocycles. The Balaban J connectivity index is 1.15. The van der Waals surface area contributed by atoms with Gasteiger partial charge in [0.2, 0.25) is 0 Å². The molecule has 3 aromatic carbocycles. The van der Waals surface area contributed by atoms with E-state index in [1.165, 1.54) is 12.1 Å². The van der Waals surface area contributed by atoms with Gasteiger partial charge in [-0.05, 0) is 42.5 Å². The molecule has 41 heavy (non-hydrogen) atoms. The fourth-order valence-electron chi connectivity index (χ4n) is 4.56. The molecular weight excluding hydrogens is 532 g/mol. The molecule has 4 heterocycles. The van der Waals surface area contributed by atoms with Crippen molar-refractivity contribution < 1.29 is 27.7 Å². The standard InChI is InChI=1S/C30H19F2N5O4/c1-38-20-15-23-28(34-16-20)25(12-13-33-23)39-19-9-7-18(8-10-19)35-29-22-5-3-2-4-21(22)27(36-37-29)17-6-11-24-26(14-17)41-30(31,32)40-24/h2-16H,1H3,(H,35,37). The lowest BCUT2D eigenvalue weighted by Crippen LogP contribution is -2.25. The van der Waals surface area contributed by atoms with Crippen molar-refractivity contribution in [2.45, 2.75) is 6.29 Å². The van der Waals surface area contributed by atoms with E-state index in [0.29, 0.717) is 45.4 Å². The number of nitrogens with zero attached hydrogens (tertiary/aromatic N) is 4. The highest BCUT2D eigenvalue weighted by molar-refractivity contribution is 6.01. The number of methoxy groups -OCH3 is 1. The van der Waals surface area contributed by atoms with Crippen molar-refractivity contribution in [2.24, 2.45) is 0 Å². The van der Waals surface area contributed by atoms with Gasteiger partial charge in [-0.1, -0.05) is 24.3 Å². The van der Waals surface area contributed by atoms with Crippen molar-refractivity contribution in [3.63, 3.8) is 0 Å². The zero-order valence-corrected chi connectivity index (χ0v) is 21.3. The first-order valence-electron chi connectivity index (χ1n) is 12.5. The van der Waals surface area contributed by atoms with Crippen LogP contribution >= 0.6 is 0 Å². The van der Waals surface area contributed by atoms with Crippen molar-refractivity contribution in [1.29, 1.82) is 0 Å². The minimum absolute atomic E-state index is 0.0321. The Labute approximate surface area is 231 Å². The van der Waals surface area contributed by atoms with E-state index in [-0.39, 0.29) is 11.5 Å². The normalized spacial score (nSPS) is 13.3. The number of rotatable bonds is 6. The van der Waals surface area contributed by atoms with Crippen LogP contribution in [0.4, 0.5) is 20.3 Å². The summed E-state index contributed by atoms with van der Waals surface area (Å²) in [4.78, 5) is 8.75. The van der Waals surface area contributed by atoms with Crippen molar-refractivity contribution in [2.75, 3.05) is 12.4 Å². The van der Waals surface area contributed by atoms with Crippen molar-refractivity contribution in [3.8, 4) is 40.0 Å². The topological polar surface area (TPSA) is 101 Å². The SMILES string of the molecule is COc1cnc2c(Oc3ccc(Nc4nnc(-c5ccc6c(c5)OC(F)(F)O6)c5ccccc45)cc3)ccnc2c1. The van der Waals surface area contributed by atoms with Crippen LogP contribution in [0, 0.1) is 0 Å². The van der Waals surface area contributed by atoms with Gasteiger partial charge in [-0.3, -0.25) is 4.98 Å². The summed E-state index contributed by atoms with van der Waals surface area (Å²) >= 11 is 0. The van der Waals surface area contributed by atoms with Gasteiger partial charge in [0, 0.05) is 40.4 Å². The minimum Gasteiger partial charge on any atom is -0.495 e. The first-order chi connectivity index (χ1) is 20.0. The van der Waals surface area contributed by atoms with Crippen LogP contribution < -0.4 is 24.3 Å². The Morgan fingerprint density at radius 3 is 2.44 bits per heavy atom. The van der Waals surface area contributed by atoms with Gasteiger partial charge in [-0.2, -0.15) is 0 Å². The third kappa shape index (κ3) is 4.63. The number of fused-ring (bicyclic) bond motifs is 3. The molecule has 0 fully saturated rings. The van der Waals surface area contributed by atoms with E-state index in [1.807, 2.05) is 48.5 Å². The van der Waals surface area contributed by atoms with Crippen LogP contribution in [0.5, 0.6) is 28.7 Å². The molecule has 1 N–H and O–H groups in total. The van der Waals surface area contributed by atoms with Crippen molar-refractivity contribution in [3.05, 3.63) is 91.3 Å². The number of hydrogen-bond donors (Lipinski definition) is 1. The quantitative estimate of drug-likeness (QED) is 0.232. The van der Waals surface area contributed by atoms with Gasteiger partial charge in [0.15, 0.2) is 23.1 Å². The average Bonchev–Trinajstić information content (AvgIpc) is 3.31. The minimum atomic E-state index is -3.69. The van der Waals surface area contributed by atoms with Crippen LogP contribution in [-0.2, 0) is 0 Å². The molecule has 0 spiro atoms. The number of halogens is 2. The molecule has 1 aliphatic rings. The first-order valence-corrected chi connectivity index (χ1v) is 12.5. The summed E-state index contributed by atoms with van der Waals surface area (Å²) in [6.45, 7) is 0. The van der Waals surface area contributed by atoms with Crippen LogP contribution in [0.2, 0.25) is 0 Å². The zero-order valence-electron chi connectivity index (χ0n) is 21.3. The molecule has 0 atom stereocenters. The highest BCUT2D eigenvalue weighted by Crippen LogP contribution is 2.43. The monoisotopic (exact) mass is 551 g/mol. The molecule has 7 rings (SSSR count). The van der Waals surface area contributed by atoms with Crippen molar-refractivity contribution >= 4 is 33.3 Å². The van der Waals surface area contributed by atoms with E-state index in [2.05, 4.69) is 35.0 Å². The molecule has 0 aliphatic carbocycles. The Hall–Kier alpha value is -5.58. The number of alkyl halides is 2. The number of pyridine rings is 2. The van der Waals surface area contributed by atoms with E-state index >= 15 is 0 Å². The van der Waals surface area contributed by atoms with Crippen LogP contribution in [0.15, 0.2) is 91.3 Å². The van der Waals surface area contributed by atoms with Gasteiger partial charge in [0.05, 0.1) is 18.8 Å². The molecule has 1 aliphatic heterocycles. The highest BCUT2D eigenvalue weighted by atomic mass is 19.3. The summed E-state index contributed by atoms with van der Waals surface area (Å²) < 4.78 is 47.4. The van der Waals surface area contributed by atoms with E-state index in [0.717, 1.165) is 16.5 Å². The van der Waals surface area contributed by atoms with Crippen LogP contribution in [0.25, 0.3) is 33.1 Å². The molecular formula is C30H19F2N5O4. The molecule has 0 saturated carbocycles. The second kappa shape index (κ2) is 9.56. The van der Waals surface area contributed by atoms with Crippen LogP contribution in [0.1, 0.15) is 0 Å². The number of nitrogens with one attached hydrogen (secondary N) is 1. The smallest absolute Gasteiger partial charge is 0.495 e. The highest BCUT2D eigenvalue weighted by Gasteiger charge is 2.43. The lowest BCUT2D eigenvalue weighted by molar-refractivity contribution is -0.286. The molecule has 202 valence electrons. The molecule has 0 amide bonds.